The highest BCUT2D eigenvalue weighted by atomic mass is 79.9. The topological polar surface area (TPSA) is 95.5 Å². The fourth-order valence-corrected chi connectivity index (χ4v) is 3.69. The maximum atomic E-state index is 12.8. The van der Waals surface area contributed by atoms with Gasteiger partial charge >= 0.3 is 5.97 Å². The number of aryl methyl sites for hydroxylation is 1. The summed E-state index contributed by atoms with van der Waals surface area (Å²) in [6.07, 6.45) is 1.39. The van der Waals surface area contributed by atoms with Gasteiger partial charge in [-0.2, -0.15) is 5.10 Å². The van der Waals surface area contributed by atoms with Gasteiger partial charge in [0.2, 0.25) is 0 Å². The Morgan fingerprint density at radius 3 is 2.38 bits per heavy atom. The van der Waals surface area contributed by atoms with Crippen LogP contribution in [0.4, 0.5) is 0 Å². The fourth-order valence-electron chi connectivity index (χ4n) is 3.32. The van der Waals surface area contributed by atoms with Gasteiger partial charge in [0.25, 0.3) is 5.91 Å². The summed E-state index contributed by atoms with van der Waals surface area (Å²) in [5.41, 5.74) is 5.27. The molecule has 8 nitrogen and oxygen atoms in total. The van der Waals surface area contributed by atoms with Crippen LogP contribution in [0.3, 0.4) is 0 Å². The third-order valence-corrected chi connectivity index (χ3v) is 5.92. The lowest BCUT2D eigenvalue weighted by Gasteiger charge is -2.12. The molecule has 0 bridgehead atoms. The average Bonchev–Trinajstić information content (AvgIpc) is 2.88. The zero-order valence-corrected chi connectivity index (χ0v) is 22.9. The van der Waals surface area contributed by atoms with Crippen molar-refractivity contribution >= 4 is 34.0 Å². The van der Waals surface area contributed by atoms with E-state index in [1.165, 1.54) is 26.5 Å². The minimum atomic E-state index is -0.589. The highest BCUT2D eigenvalue weighted by molar-refractivity contribution is 9.10. The second-order valence-corrected chi connectivity index (χ2v) is 9.32. The Balaban J connectivity index is 1.65. The van der Waals surface area contributed by atoms with Crippen molar-refractivity contribution < 1.29 is 28.5 Å². The number of esters is 1. The van der Waals surface area contributed by atoms with Crippen molar-refractivity contribution in [3.63, 3.8) is 0 Å². The molecule has 37 heavy (non-hydrogen) atoms. The lowest BCUT2D eigenvalue weighted by atomic mass is 10.0. The van der Waals surface area contributed by atoms with Crippen molar-refractivity contribution in [2.75, 3.05) is 20.8 Å². The quantitative estimate of drug-likeness (QED) is 0.147. The first-order valence-corrected chi connectivity index (χ1v) is 12.3. The lowest BCUT2D eigenvalue weighted by Crippen LogP contribution is -2.24. The van der Waals surface area contributed by atoms with Gasteiger partial charge in [0.05, 0.1) is 26.0 Å². The zero-order valence-electron chi connectivity index (χ0n) is 21.3. The second-order valence-electron chi connectivity index (χ2n) is 8.40. The van der Waals surface area contributed by atoms with E-state index < -0.39 is 11.9 Å². The third kappa shape index (κ3) is 7.57. The first-order valence-electron chi connectivity index (χ1n) is 11.5. The molecule has 0 aliphatic carbocycles. The Bertz CT molecular complexity index is 1310. The van der Waals surface area contributed by atoms with E-state index in [1.807, 2.05) is 25.1 Å². The van der Waals surface area contributed by atoms with Gasteiger partial charge in [-0.15, -0.1) is 0 Å². The van der Waals surface area contributed by atoms with Gasteiger partial charge in [0.15, 0.2) is 18.1 Å². The van der Waals surface area contributed by atoms with Crippen LogP contribution in [0.5, 0.6) is 23.0 Å². The Kier molecular flexibility index (Phi) is 9.68. The predicted octanol–water partition coefficient (Wildman–Crippen LogP) is 5.65. The summed E-state index contributed by atoms with van der Waals surface area (Å²) in [4.78, 5) is 25.1. The number of benzene rings is 3. The fraction of sp³-hybridized carbons (Fsp3) is 0.250. The highest BCUT2D eigenvalue weighted by Gasteiger charge is 2.15. The minimum Gasteiger partial charge on any atom is -0.493 e. The van der Waals surface area contributed by atoms with Crippen LogP contribution in [-0.2, 0) is 4.79 Å². The summed E-state index contributed by atoms with van der Waals surface area (Å²) >= 11 is 3.40. The number of methoxy groups -OCH3 is 2. The summed E-state index contributed by atoms with van der Waals surface area (Å²) in [5.74, 6) is 1.16. The van der Waals surface area contributed by atoms with Crippen molar-refractivity contribution in [3.8, 4) is 23.0 Å². The standard InChI is InChI=1S/C28H29BrN2O6/c1-17(2)19-7-6-18(3)25(13-19)36-16-27(32)31-30-15-21-12-22(29)9-11-23(21)37-28(33)20-8-10-24(34-4)26(14-20)35-5/h6-15,17H,16H2,1-5H3,(H,31,32). The Morgan fingerprint density at radius 1 is 0.946 bits per heavy atom. The van der Waals surface area contributed by atoms with Crippen LogP contribution in [0, 0.1) is 6.92 Å². The van der Waals surface area contributed by atoms with Crippen LogP contribution in [-0.4, -0.2) is 38.9 Å². The van der Waals surface area contributed by atoms with Gasteiger partial charge in [-0.05, 0) is 66.4 Å². The molecule has 0 aliphatic heterocycles. The molecule has 0 saturated heterocycles. The van der Waals surface area contributed by atoms with Crippen molar-refractivity contribution in [2.45, 2.75) is 26.7 Å². The zero-order chi connectivity index (χ0) is 26.9. The number of carbonyl (C=O) groups is 2. The van der Waals surface area contributed by atoms with Gasteiger partial charge in [-0.1, -0.05) is 41.9 Å². The molecule has 0 radical (unpaired) electrons. The van der Waals surface area contributed by atoms with E-state index in [2.05, 4.69) is 40.3 Å². The molecule has 9 heteroatoms. The monoisotopic (exact) mass is 568 g/mol. The summed E-state index contributed by atoms with van der Waals surface area (Å²) in [6, 6.07) is 15.8. The lowest BCUT2D eigenvalue weighted by molar-refractivity contribution is -0.123. The number of ether oxygens (including phenoxy) is 4. The number of hydrazone groups is 1. The molecule has 0 aliphatic rings. The molecule has 3 aromatic rings. The predicted molar refractivity (Wildman–Crippen MR) is 145 cm³/mol. The molecule has 0 heterocycles. The molecular formula is C28H29BrN2O6. The average molecular weight is 569 g/mol. The molecule has 0 atom stereocenters. The molecular weight excluding hydrogens is 540 g/mol. The number of nitrogens with one attached hydrogen (secondary N) is 1. The van der Waals surface area contributed by atoms with Crippen LogP contribution in [0.2, 0.25) is 0 Å². The van der Waals surface area contributed by atoms with Crippen molar-refractivity contribution in [3.05, 3.63) is 81.3 Å². The third-order valence-electron chi connectivity index (χ3n) is 5.42. The number of hydrogen-bond acceptors (Lipinski definition) is 7. The van der Waals surface area contributed by atoms with Gasteiger partial charge in [-0.25, -0.2) is 10.2 Å². The molecule has 194 valence electrons. The molecule has 3 aromatic carbocycles. The van der Waals surface area contributed by atoms with E-state index in [1.54, 1.807) is 30.3 Å². The SMILES string of the molecule is COc1ccc(C(=O)Oc2ccc(Br)cc2C=NNC(=O)COc2cc(C(C)C)ccc2C)cc1OC. The molecule has 0 aromatic heterocycles. The molecule has 0 fully saturated rings. The van der Waals surface area contributed by atoms with Crippen LogP contribution in [0.1, 0.15) is 46.8 Å². The summed E-state index contributed by atoms with van der Waals surface area (Å²) in [5, 5.41) is 4.00. The number of rotatable bonds is 10. The van der Waals surface area contributed by atoms with Gasteiger partial charge in [-0.3, -0.25) is 4.79 Å². The van der Waals surface area contributed by atoms with Crippen LogP contribution in [0.25, 0.3) is 0 Å². The van der Waals surface area contributed by atoms with Crippen LogP contribution >= 0.6 is 15.9 Å². The maximum Gasteiger partial charge on any atom is 0.343 e. The summed E-state index contributed by atoms with van der Waals surface area (Å²) in [6.45, 7) is 5.92. The van der Waals surface area contributed by atoms with E-state index in [4.69, 9.17) is 18.9 Å². The van der Waals surface area contributed by atoms with Crippen LogP contribution < -0.4 is 24.4 Å². The maximum absolute atomic E-state index is 12.8. The van der Waals surface area contributed by atoms with E-state index in [9.17, 15) is 9.59 Å². The molecule has 0 unspecified atom stereocenters. The first-order chi connectivity index (χ1) is 17.7. The number of amides is 1. The van der Waals surface area contributed by atoms with Gasteiger partial charge in [0.1, 0.15) is 11.5 Å². The van der Waals surface area contributed by atoms with Crippen LogP contribution in [0.15, 0.2) is 64.2 Å². The molecule has 1 N–H and O–H groups in total. The minimum absolute atomic E-state index is 0.195. The number of nitrogens with zero attached hydrogens (tertiary/aromatic N) is 1. The largest absolute Gasteiger partial charge is 0.493 e. The second kappa shape index (κ2) is 12.9. The van der Waals surface area contributed by atoms with E-state index in [0.717, 1.165) is 15.6 Å². The summed E-state index contributed by atoms with van der Waals surface area (Å²) < 4.78 is 22.5. The molecule has 1 amide bonds. The number of halogens is 1. The smallest absolute Gasteiger partial charge is 0.343 e. The molecule has 0 saturated carbocycles. The normalized spacial score (nSPS) is 10.9. The van der Waals surface area contributed by atoms with Crippen molar-refractivity contribution in [2.24, 2.45) is 5.10 Å². The van der Waals surface area contributed by atoms with Crippen molar-refractivity contribution in [1.29, 1.82) is 0 Å². The van der Waals surface area contributed by atoms with E-state index >= 15 is 0 Å². The first kappa shape index (κ1) is 27.7. The summed E-state index contributed by atoms with van der Waals surface area (Å²) in [7, 11) is 3.00. The number of carbonyl (C=O) groups excluding carboxylic acids is 2. The van der Waals surface area contributed by atoms with E-state index in [-0.39, 0.29) is 17.9 Å². The molecule has 3 rings (SSSR count). The molecule has 0 spiro atoms. The van der Waals surface area contributed by atoms with E-state index in [0.29, 0.717) is 28.7 Å². The Labute approximate surface area is 224 Å². The highest BCUT2D eigenvalue weighted by Crippen LogP contribution is 2.29. The van der Waals surface area contributed by atoms with Crippen molar-refractivity contribution in [1.82, 2.24) is 5.43 Å². The van der Waals surface area contributed by atoms with Gasteiger partial charge < -0.3 is 18.9 Å². The van der Waals surface area contributed by atoms with Gasteiger partial charge in [0, 0.05) is 10.0 Å². The Hall–Kier alpha value is -3.85. The Morgan fingerprint density at radius 2 is 1.68 bits per heavy atom. The number of hydrogen-bond donors (Lipinski definition) is 1.